The molecule has 32 heavy (non-hydrogen) atoms. The predicted octanol–water partition coefficient (Wildman–Crippen LogP) is 5.11. The summed E-state index contributed by atoms with van der Waals surface area (Å²) in [5.74, 6) is 0. The molecular formula is C24H20ClIrN6. The molecule has 0 unspecified atom stereocenters. The average molecular weight is 620 g/mol. The Hall–Kier alpha value is -3.12. The molecular weight excluding hydrogens is 600 g/mol. The standard InChI is InChI=1S/C13H12N5.C11H8N.ClH.Ir/c1-10-12(17-7-3-5-14-17)9-13(11(2)16-10)18-8-4-6-15-18;1-2-6-10(7-3-1)11-8-4-5-9-12-11;;/h3-8H,1-2H3;1-6,8-9H;1H;/q2*-1;;+3/p-1. The van der Waals surface area contributed by atoms with Gasteiger partial charge in [0.05, 0.1) is 0 Å². The Balaban J connectivity index is 0.000000180. The van der Waals surface area contributed by atoms with Gasteiger partial charge in [0.1, 0.15) is 0 Å². The van der Waals surface area contributed by atoms with E-state index in [1.54, 1.807) is 28.0 Å². The molecule has 5 rings (SSSR count). The van der Waals surface area contributed by atoms with Crippen molar-refractivity contribution in [2.24, 2.45) is 0 Å². The van der Waals surface area contributed by atoms with E-state index in [2.05, 4.69) is 41.9 Å². The molecule has 1 aromatic carbocycles. The number of halogens is 1. The maximum Gasteiger partial charge on any atom is 0.0160 e. The van der Waals surface area contributed by atoms with Gasteiger partial charge in [-0.2, -0.15) is 10.2 Å². The fourth-order valence-corrected chi connectivity index (χ4v) is 2.97. The molecule has 4 aromatic heterocycles. The van der Waals surface area contributed by atoms with E-state index in [1.807, 2.05) is 80.8 Å². The van der Waals surface area contributed by atoms with Gasteiger partial charge in [-0.25, -0.2) is 0 Å². The molecule has 0 atom stereocenters. The summed E-state index contributed by atoms with van der Waals surface area (Å²) in [7, 11) is 4.64. The Morgan fingerprint density at radius 1 is 0.781 bits per heavy atom. The third kappa shape index (κ3) is 5.98. The molecule has 0 N–H and O–H groups in total. The van der Waals surface area contributed by atoms with Gasteiger partial charge in [0.15, 0.2) is 0 Å². The molecule has 0 spiro atoms. The molecule has 0 fully saturated rings. The van der Waals surface area contributed by atoms with Crippen LogP contribution in [-0.2, 0) is 17.9 Å². The van der Waals surface area contributed by atoms with Crippen LogP contribution in [0.1, 0.15) is 11.4 Å². The second-order valence-corrected chi connectivity index (χ2v) is 6.50. The van der Waals surface area contributed by atoms with Gasteiger partial charge in [-0.3, -0.25) is 9.36 Å². The van der Waals surface area contributed by atoms with Crippen molar-refractivity contribution < 1.29 is 17.9 Å². The fraction of sp³-hybridized carbons (Fsp3) is 0.0833. The smallest absolute Gasteiger partial charge is 0.0160 e. The van der Waals surface area contributed by atoms with E-state index in [0.29, 0.717) is 0 Å². The number of hydrogen-bond donors (Lipinski definition) is 0. The van der Waals surface area contributed by atoms with Gasteiger partial charge in [-0.1, -0.05) is 26.0 Å². The zero-order chi connectivity index (χ0) is 22.8. The zero-order valence-corrected chi connectivity index (χ0v) is 20.6. The monoisotopic (exact) mass is 620 g/mol. The zero-order valence-electron chi connectivity index (χ0n) is 17.5. The number of pyridine rings is 2. The molecule has 0 aliphatic carbocycles. The van der Waals surface area contributed by atoms with Gasteiger partial charge in [0.25, 0.3) is 0 Å². The number of aryl methyl sites for hydroxylation is 2. The van der Waals surface area contributed by atoms with Crippen molar-refractivity contribution in [3.8, 4) is 22.6 Å². The number of nitrogens with zero attached hydrogens (tertiary/aromatic N) is 6. The predicted molar refractivity (Wildman–Crippen MR) is 121 cm³/mol. The van der Waals surface area contributed by atoms with Crippen LogP contribution in [0.15, 0.2) is 85.6 Å². The molecule has 162 valence electrons. The molecule has 0 amide bonds. The first-order valence-electron chi connectivity index (χ1n) is 9.63. The molecule has 0 aliphatic heterocycles. The second kappa shape index (κ2) is 12.1. The van der Waals surface area contributed by atoms with Crippen LogP contribution in [0.3, 0.4) is 0 Å². The van der Waals surface area contributed by atoms with E-state index in [-0.39, 0.29) is 0 Å². The van der Waals surface area contributed by atoms with Gasteiger partial charge in [-0.05, 0) is 46.7 Å². The van der Waals surface area contributed by atoms with E-state index in [4.69, 9.17) is 0 Å². The first-order valence-corrected chi connectivity index (χ1v) is 12.6. The summed E-state index contributed by atoms with van der Waals surface area (Å²) in [4.78, 5) is 8.75. The van der Waals surface area contributed by atoms with Gasteiger partial charge in [0.2, 0.25) is 0 Å². The Kier molecular flexibility index (Phi) is 8.87. The first kappa shape index (κ1) is 23.5. The minimum atomic E-state index is 0.844. The van der Waals surface area contributed by atoms with Crippen LogP contribution in [0.25, 0.3) is 22.6 Å². The van der Waals surface area contributed by atoms with Crippen LogP contribution < -0.4 is 0 Å². The summed E-state index contributed by atoms with van der Waals surface area (Å²) in [5.41, 5.74) is 5.49. The van der Waals surface area contributed by atoms with E-state index >= 15 is 0 Å². The van der Waals surface area contributed by atoms with Crippen LogP contribution >= 0.6 is 9.58 Å². The quantitative estimate of drug-likeness (QED) is 0.264. The Labute approximate surface area is 202 Å². The molecule has 0 radical (unpaired) electrons. The van der Waals surface area contributed by atoms with Crippen LogP contribution in [-0.4, -0.2) is 29.5 Å². The van der Waals surface area contributed by atoms with Crippen molar-refractivity contribution >= 4 is 9.58 Å². The number of benzene rings is 1. The van der Waals surface area contributed by atoms with Crippen molar-refractivity contribution in [1.29, 1.82) is 0 Å². The van der Waals surface area contributed by atoms with Gasteiger partial charge in [-0.15, -0.1) is 42.0 Å². The molecule has 8 heteroatoms. The molecule has 0 bridgehead atoms. The van der Waals surface area contributed by atoms with Gasteiger partial charge >= 0.3 is 27.5 Å². The summed E-state index contributed by atoms with van der Waals surface area (Å²) >= 11 is 1.47. The normalized spacial score (nSPS) is 9.88. The molecule has 0 saturated heterocycles. The minimum absolute atomic E-state index is 0.844. The first-order chi connectivity index (χ1) is 15.7. The van der Waals surface area contributed by atoms with Crippen molar-refractivity contribution in [3.63, 3.8) is 0 Å². The van der Waals surface area contributed by atoms with Crippen molar-refractivity contribution in [2.75, 3.05) is 0 Å². The summed E-state index contributed by atoms with van der Waals surface area (Å²) < 4.78 is 3.52. The van der Waals surface area contributed by atoms with Crippen molar-refractivity contribution in [3.05, 3.63) is 109 Å². The molecule has 4 heterocycles. The van der Waals surface area contributed by atoms with Gasteiger partial charge in [0, 0.05) is 31.0 Å². The van der Waals surface area contributed by atoms with E-state index in [1.165, 1.54) is 17.9 Å². The van der Waals surface area contributed by atoms with Crippen molar-refractivity contribution in [1.82, 2.24) is 29.5 Å². The largest absolute Gasteiger partial charge is 0.305 e. The van der Waals surface area contributed by atoms with E-state index < -0.39 is 0 Å². The Morgan fingerprint density at radius 3 is 1.88 bits per heavy atom. The van der Waals surface area contributed by atoms with Crippen LogP contribution in [0.2, 0.25) is 0 Å². The number of aromatic nitrogens is 6. The molecule has 5 aromatic rings. The van der Waals surface area contributed by atoms with Crippen LogP contribution in [0.4, 0.5) is 0 Å². The van der Waals surface area contributed by atoms with E-state index in [9.17, 15) is 0 Å². The second-order valence-electron chi connectivity index (χ2n) is 6.50. The molecule has 6 nitrogen and oxygen atoms in total. The van der Waals surface area contributed by atoms with Gasteiger partial charge < -0.3 is 9.97 Å². The minimum Gasteiger partial charge on any atom is -0.305 e. The summed E-state index contributed by atoms with van der Waals surface area (Å²) in [5, 5.41) is 8.43. The number of hydrogen-bond acceptors (Lipinski definition) is 4. The third-order valence-corrected chi connectivity index (χ3v) is 4.37. The molecule has 0 aliphatic rings. The topological polar surface area (TPSA) is 61.4 Å². The average Bonchev–Trinajstić information content (AvgIpc) is 3.57. The van der Waals surface area contributed by atoms with Crippen LogP contribution in [0, 0.1) is 26.0 Å². The Bertz CT molecular complexity index is 1100. The Morgan fingerprint density at radius 2 is 1.41 bits per heavy atom. The summed E-state index contributed by atoms with van der Waals surface area (Å²) in [6, 6.07) is 23.9. The van der Waals surface area contributed by atoms with Crippen molar-refractivity contribution in [2.45, 2.75) is 13.8 Å². The van der Waals surface area contributed by atoms with Crippen LogP contribution in [0.5, 0.6) is 0 Å². The third-order valence-electron chi connectivity index (χ3n) is 4.37. The maximum absolute atomic E-state index is 4.64. The molecule has 0 saturated carbocycles. The fourth-order valence-electron chi connectivity index (χ4n) is 2.97. The maximum atomic E-state index is 4.64. The van der Waals surface area contributed by atoms with E-state index in [0.717, 1.165) is 34.0 Å². The SMILES string of the molecule is Cc1nc(C)c(-n2cccn2)[c-]c1-n1cccn1.[Cl][Ir+2].[c-]1ccccc1-c1ccccn1. The summed E-state index contributed by atoms with van der Waals surface area (Å²) in [6.45, 7) is 3.90. The number of rotatable bonds is 3. The summed E-state index contributed by atoms with van der Waals surface area (Å²) in [6.07, 6.45) is 9.02.